The lowest BCUT2D eigenvalue weighted by atomic mass is 10.0. The molecule has 0 aliphatic rings. The van der Waals surface area contributed by atoms with E-state index in [1.54, 1.807) is 0 Å². The SMILES string of the molecule is FC(F)(F)Cc1ccccc1CC(F)(F)F. The van der Waals surface area contributed by atoms with Gasteiger partial charge >= 0.3 is 12.4 Å². The Morgan fingerprint density at radius 2 is 1.00 bits per heavy atom. The van der Waals surface area contributed by atoms with Gasteiger partial charge in [0.15, 0.2) is 0 Å². The van der Waals surface area contributed by atoms with Crippen molar-refractivity contribution in [3.05, 3.63) is 35.4 Å². The van der Waals surface area contributed by atoms with Gasteiger partial charge in [-0.3, -0.25) is 0 Å². The Kier molecular flexibility index (Phi) is 3.50. The highest BCUT2D eigenvalue weighted by Gasteiger charge is 2.32. The van der Waals surface area contributed by atoms with Gasteiger partial charge in [-0.05, 0) is 11.1 Å². The van der Waals surface area contributed by atoms with Crippen LogP contribution in [0.1, 0.15) is 11.1 Å². The minimum absolute atomic E-state index is 0.327. The maximum absolute atomic E-state index is 12.1. The molecule has 0 amide bonds. The fourth-order valence-corrected chi connectivity index (χ4v) is 1.33. The average Bonchev–Trinajstić information content (AvgIpc) is 2.03. The van der Waals surface area contributed by atoms with Gasteiger partial charge in [-0.1, -0.05) is 24.3 Å². The van der Waals surface area contributed by atoms with E-state index < -0.39 is 25.2 Å². The molecule has 0 unspecified atom stereocenters. The van der Waals surface area contributed by atoms with Gasteiger partial charge in [0.1, 0.15) is 0 Å². The fourth-order valence-electron chi connectivity index (χ4n) is 1.33. The van der Waals surface area contributed by atoms with E-state index in [0.717, 1.165) is 12.1 Å². The Morgan fingerprint density at radius 3 is 1.25 bits per heavy atom. The second-order valence-electron chi connectivity index (χ2n) is 3.35. The molecule has 90 valence electrons. The monoisotopic (exact) mass is 242 g/mol. The minimum atomic E-state index is -4.50. The lowest BCUT2D eigenvalue weighted by Gasteiger charge is -2.13. The molecular weight excluding hydrogens is 234 g/mol. The average molecular weight is 242 g/mol. The molecule has 1 aromatic carbocycles. The molecule has 0 aliphatic heterocycles. The quantitative estimate of drug-likeness (QED) is 0.690. The number of rotatable bonds is 2. The molecule has 0 saturated carbocycles. The summed E-state index contributed by atoms with van der Waals surface area (Å²) in [6, 6.07) is 4.71. The van der Waals surface area contributed by atoms with Gasteiger partial charge in [0.25, 0.3) is 0 Å². The number of benzene rings is 1. The van der Waals surface area contributed by atoms with Crippen molar-refractivity contribution in [3.8, 4) is 0 Å². The van der Waals surface area contributed by atoms with Crippen molar-refractivity contribution in [2.24, 2.45) is 0 Å². The zero-order valence-corrected chi connectivity index (χ0v) is 7.99. The van der Waals surface area contributed by atoms with Crippen molar-refractivity contribution in [2.45, 2.75) is 25.2 Å². The Labute approximate surface area is 87.9 Å². The largest absolute Gasteiger partial charge is 0.393 e. The highest BCUT2D eigenvalue weighted by atomic mass is 19.4. The molecule has 0 atom stereocenters. The Balaban J connectivity index is 2.92. The van der Waals surface area contributed by atoms with Crippen molar-refractivity contribution < 1.29 is 26.3 Å². The van der Waals surface area contributed by atoms with E-state index in [9.17, 15) is 26.3 Å². The predicted molar refractivity (Wildman–Crippen MR) is 46.0 cm³/mol. The van der Waals surface area contributed by atoms with Crippen LogP contribution in [0.2, 0.25) is 0 Å². The number of hydrogen-bond acceptors (Lipinski definition) is 0. The normalized spacial score (nSPS) is 12.9. The standard InChI is InChI=1S/C10H8F6/c11-9(12,13)5-7-3-1-2-4-8(7)6-10(14,15)16/h1-4H,5-6H2. The molecule has 0 heterocycles. The van der Waals surface area contributed by atoms with Crippen LogP contribution in [0.5, 0.6) is 0 Å². The molecule has 1 aromatic rings. The first-order valence-corrected chi connectivity index (χ1v) is 4.38. The Bertz CT molecular complexity index is 314. The molecular formula is C10H8F6. The summed E-state index contributed by atoms with van der Waals surface area (Å²) in [5.41, 5.74) is -0.653. The first kappa shape index (κ1) is 12.9. The second kappa shape index (κ2) is 4.35. The molecule has 0 bridgehead atoms. The van der Waals surface area contributed by atoms with E-state index in [-0.39, 0.29) is 11.1 Å². The topological polar surface area (TPSA) is 0 Å². The van der Waals surface area contributed by atoms with Gasteiger partial charge in [0.05, 0.1) is 12.8 Å². The van der Waals surface area contributed by atoms with Crippen LogP contribution in [-0.2, 0) is 12.8 Å². The maximum atomic E-state index is 12.1. The van der Waals surface area contributed by atoms with Gasteiger partial charge < -0.3 is 0 Å². The smallest absolute Gasteiger partial charge is 0.171 e. The molecule has 0 N–H and O–H groups in total. The van der Waals surface area contributed by atoms with Crippen LogP contribution in [0.25, 0.3) is 0 Å². The van der Waals surface area contributed by atoms with Crippen LogP contribution in [-0.4, -0.2) is 12.4 Å². The highest BCUT2D eigenvalue weighted by molar-refractivity contribution is 5.28. The lowest BCUT2D eigenvalue weighted by Crippen LogP contribution is -2.17. The summed E-state index contributed by atoms with van der Waals surface area (Å²) in [5.74, 6) is 0. The summed E-state index contributed by atoms with van der Waals surface area (Å²) in [7, 11) is 0. The lowest BCUT2D eigenvalue weighted by molar-refractivity contribution is -0.132. The zero-order valence-electron chi connectivity index (χ0n) is 7.99. The molecule has 0 fully saturated rings. The molecule has 0 aliphatic carbocycles. The van der Waals surface area contributed by atoms with Crippen LogP contribution >= 0.6 is 0 Å². The summed E-state index contributed by atoms with van der Waals surface area (Å²) < 4.78 is 72.4. The van der Waals surface area contributed by atoms with Gasteiger partial charge in [0.2, 0.25) is 0 Å². The third-order valence-corrected chi connectivity index (χ3v) is 1.90. The Hall–Kier alpha value is -1.20. The van der Waals surface area contributed by atoms with Gasteiger partial charge in [0, 0.05) is 0 Å². The van der Waals surface area contributed by atoms with Crippen molar-refractivity contribution in [2.75, 3.05) is 0 Å². The van der Waals surface area contributed by atoms with E-state index in [4.69, 9.17) is 0 Å². The summed E-state index contributed by atoms with van der Waals surface area (Å²) in [6.07, 6.45) is -11.7. The van der Waals surface area contributed by atoms with E-state index in [0.29, 0.717) is 0 Å². The molecule has 0 radical (unpaired) electrons. The summed E-state index contributed by atoms with van der Waals surface area (Å²) in [4.78, 5) is 0. The van der Waals surface area contributed by atoms with E-state index >= 15 is 0 Å². The number of halogens is 6. The summed E-state index contributed by atoms with van der Waals surface area (Å²) >= 11 is 0. The van der Waals surface area contributed by atoms with Crippen molar-refractivity contribution in [1.29, 1.82) is 0 Å². The molecule has 0 aromatic heterocycles. The minimum Gasteiger partial charge on any atom is -0.171 e. The summed E-state index contributed by atoms with van der Waals surface area (Å²) in [6.45, 7) is 0. The van der Waals surface area contributed by atoms with Crippen LogP contribution in [0, 0.1) is 0 Å². The van der Waals surface area contributed by atoms with Gasteiger partial charge in [-0.2, -0.15) is 26.3 Å². The highest BCUT2D eigenvalue weighted by Crippen LogP contribution is 2.27. The van der Waals surface area contributed by atoms with Crippen LogP contribution in [0.15, 0.2) is 24.3 Å². The van der Waals surface area contributed by atoms with Gasteiger partial charge in [-0.25, -0.2) is 0 Å². The van der Waals surface area contributed by atoms with E-state index in [1.807, 2.05) is 0 Å². The van der Waals surface area contributed by atoms with Crippen molar-refractivity contribution in [3.63, 3.8) is 0 Å². The van der Waals surface area contributed by atoms with Crippen molar-refractivity contribution in [1.82, 2.24) is 0 Å². The molecule has 6 heteroatoms. The second-order valence-corrected chi connectivity index (χ2v) is 3.35. The predicted octanol–water partition coefficient (Wildman–Crippen LogP) is 3.90. The fraction of sp³-hybridized carbons (Fsp3) is 0.400. The third kappa shape index (κ3) is 4.55. The summed E-state index contributed by atoms with van der Waals surface area (Å²) in [5, 5.41) is 0. The van der Waals surface area contributed by atoms with Crippen LogP contribution in [0.4, 0.5) is 26.3 Å². The maximum Gasteiger partial charge on any atom is 0.393 e. The number of alkyl halides is 6. The van der Waals surface area contributed by atoms with E-state index in [2.05, 4.69) is 0 Å². The van der Waals surface area contributed by atoms with Crippen molar-refractivity contribution >= 4 is 0 Å². The van der Waals surface area contributed by atoms with E-state index in [1.165, 1.54) is 12.1 Å². The van der Waals surface area contributed by atoms with Crippen LogP contribution < -0.4 is 0 Å². The first-order valence-electron chi connectivity index (χ1n) is 4.38. The molecule has 0 saturated heterocycles. The van der Waals surface area contributed by atoms with Gasteiger partial charge in [-0.15, -0.1) is 0 Å². The number of hydrogen-bond donors (Lipinski definition) is 0. The molecule has 16 heavy (non-hydrogen) atoms. The molecule has 1 rings (SSSR count). The molecule has 0 spiro atoms. The first-order chi connectivity index (χ1) is 7.17. The van der Waals surface area contributed by atoms with Crippen LogP contribution in [0.3, 0.4) is 0 Å². The third-order valence-electron chi connectivity index (χ3n) is 1.90. The molecule has 0 nitrogen and oxygen atoms in total. The Morgan fingerprint density at radius 1 is 0.688 bits per heavy atom. The zero-order chi connectivity index (χ0) is 12.4.